The minimum absolute atomic E-state index is 0.0715. The molecule has 0 radical (unpaired) electrons. The zero-order chi connectivity index (χ0) is 19.3. The number of piperazine rings is 1. The fraction of sp³-hybridized carbons (Fsp3) is 0.632. The highest BCUT2D eigenvalue weighted by Crippen LogP contribution is 2.20. The molecule has 0 bridgehead atoms. The van der Waals surface area contributed by atoms with Crippen LogP contribution in [0.5, 0.6) is 5.88 Å². The molecule has 7 heteroatoms. The number of carbonyl (C=O) groups is 2. The quantitative estimate of drug-likeness (QED) is 0.761. The number of ether oxygens (including phenoxy) is 1. The summed E-state index contributed by atoms with van der Waals surface area (Å²) < 4.78 is 5.33. The fourth-order valence-corrected chi connectivity index (χ4v) is 3.32. The Labute approximate surface area is 155 Å². The van der Waals surface area contributed by atoms with Crippen molar-refractivity contribution in [2.45, 2.75) is 46.7 Å². The van der Waals surface area contributed by atoms with Crippen LogP contribution in [0.1, 0.15) is 37.1 Å². The number of nitrogens with one attached hydrogen (secondary N) is 2. The Morgan fingerprint density at radius 1 is 1.46 bits per heavy atom. The van der Waals surface area contributed by atoms with E-state index in [4.69, 9.17) is 4.74 Å². The molecule has 1 aliphatic heterocycles. The van der Waals surface area contributed by atoms with Crippen LogP contribution < -0.4 is 15.4 Å². The van der Waals surface area contributed by atoms with Crippen LogP contribution in [0.3, 0.4) is 0 Å². The lowest BCUT2D eigenvalue weighted by molar-refractivity contribution is -0.134. The Balaban J connectivity index is 2.00. The number of hydrogen-bond donors (Lipinski definition) is 2. The molecule has 1 saturated heterocycles. The van der Waals surface area contributed by atoms with Gasteiger partial charge in [-0.05, 0) is 31.4 Å². The highest BCUT2D eigenvalue weighted by atomic mass is 16.5. The van der Waals surface area contributed by atoms with E-state index in [2.05, 4.69) is 34.4 Å². The summed E-state index contributed by atoms with van der Waals surface area (Å²) >= 11 is 0. The van der Waals surface area contributed by atoms with E-state index in [9.17, 15) is 9.59 Å². The van der Waals surface area contributed by atoms with Crippen molar-refractivity contribution >= 4 is 11.8 Å². The number of nitrogens with zero attached hydrogens (tertiary/aromatic N) is 2. The molecule has 26 heavy (non-hydrogen) atoms. The van der Waals surface area contributed by atoms with Crippen molar-refractivity contribution < 1.29 is 14.3 Å². The van der Waals surface area contributed by atoms with Crippen LogP contribution in [0.25, 0.3) is 0 Å². The van der Waals surface area contributed by atoms with Gasteiger partial charge < -0.3 is 15.4 Å². The molecule has 1 fully saturated rings. The molecule has 0 aromatic carbocycles. The molecular weight excluding hydrogens is 332 g/mol. The van der Waals surface area contributed by atoms with Gasteiger partial charge in [0.2, 0.25) is 17.7 Å². The number of aromatic nitrogens is 1. The van der Waals surface area contributed by atoms with E-state index in [-0.39, 0.29) is 18.2 Å². The van der Waals surface area contributed by atoms with Crippen molar-refractivity contribution in [2.24, 2.45) is 5.92 Å². The van der Waals surface area contributed by atoms with Crippen molar-refractivity contribution in [1.29, 1.82) is 0 Å². The van der Waals surface area contributed by atoms with Gasteiger partial charge in [-0.1, -0.05) is 13.8 Å². The lowest BCUT2D eigenvalue weighted by atomic mass is 10.1. The molecule has 2 rings (SSSR count). The first-order valence-corrected chi connectivity index (χ1v) is 9.11. The van der Waals surface area contributed by atoms with Crippen LogP contribution in [0.15, 0.2) is 6.07 Å². The minimum Gasteiger partial charge on any atom is -0.481 e. The van der Waals surface area contributed by atoms with Crippen LogP contribution >= 0.6 is 0 Å². The molecule has 2 heterocycles. The number of methoxy groups -OCH3 is 1. The summed E-state index contributed by atoms with van der Waals surface area (Å²) in [5.74, 6) is 0.747. The van der Waals surface area contributed by atoms with Crippen molar-refractivity contribution in [3.8, 4) is 5.88 Å². The van der Waals surface area contributed by atoms with Gasteiger partial charge in [0.15, 0.2) is 0 Å². The maximum absolute atomic E-state index is 12.5. The molecule has 7 nitrogen and oxygen atoms in total. The first kappa shape index (κ1) is 20.2. The topological polar surface area (TPSA) is 83.6 Å². The summed E-state index contributed by atoms with van der Waals surface area (Å²) in [6.07, 6.45) is 0.152. The predicted molar refractivity (Wildman–Crippen MR) is 99.9 cm³/mol. The van der Waals surface area contributed by atoms with Gasteiger partial charge in [0.25, 0.3) is 0 Å². The number of carbonyl (C=O) groups excluding carboxylic acids is 2. The highest BCUT2D eigenvalue weighted by Gasteiger charge is 2.31. The van der Waals surface area contributed by atoms with Gasteiger partial charge in [-0.3, -0.25) is 14.5 Å². The molecule has 0 spiro atoms. The monoisotopic (exact) mass is 362 g/mol. The van der Waals surface area contributed by atoms with E-state index in [1.165, 1.54) is 0 Å². The molecule has 0 aliphatic carbocycles. The normalized spacial score (nSPS) is 17.9. The van der Waals surface area contributed by atoms with Crippen LogP contribution in [0.4, 0.5) is 0 Å². The summed E-state index contributed by atoms with van der Waals surface area (Å²) in [5.41, 5.74) is 2.75. The Hall–Kier alpha value is -2.15. The lowest BCUT2D eigenvalue weighted by Gasteiger charge is -2.35. The Kier molecular flexibility index (Phi) is 6.97. The predicted octanol–water partition coefficient (Wildman–Crippen LogP) is 1.17. The molecule has 2 N–H and O–H groups in total. The molecular formula is C19H30N4O3. The number of hydrogen-bond acceptors (Lipinski definition) is 5. The first-order chi connectivity index (χ1) is 12.3. The summed E-state index contributed by atoms with van der Waals surface area (Å²) in [5, 5.41) is 5.77. The largest absolute Gasteiger partial charge is 0.481 e. The zero-order valence-corrected chi connectivity index (χ0v) is 16.4. The highest BCUT2D eigenvalue weighted by molar-refractivity contribution is 5.88. The molecule has 1 aromatic heterocycles. The standard InChI is InChI=1S/C19H30N4O3/c1-12(2)11-23-7-6-20-18(25)16(23)9-17(24)21-10-15-13(3)8-14(4)22-19(15)26-5/h8,12,16H,6-7,9-11H2,1-5H3,(H,20,25)(H,21,24)/t16-/m0/s1. The molecule has 2 amide bonds. The van der Waals surface area contributed by atoms with Crippen LogP contribution in [0, 0.1) is 19.8 Å². The molecule has 1 atom stereocenters. The SMILES string of the molecule is COc1nc(C)cc(C)c1CNC(=O)C[C@H]1C(=O)NCCN1CC(C)C. The maximum Gasteiger partial charge on any atom is 0.237 e. The van der Waals surface area contributed by atoms with Crippen LogP contribution in [-0.2, 0) is 16.1 Å². The van der Waals surface area contributed by atoms with Gasteiger partial charge in [0.05, 0.1) is 19.6 Å². The third-order valence-electron chi connectivity index (χ3n) is 4.51. The average molecular weight is 362 g/mol. The second-order valence-corrected chi connectivity index (χ2v) is 7.24. The fourth-order valence-electron chi connectivity index (χ4n) is 3.32. The smallest absolute Gasteiger partial charge is 0.237 e. The van der Waals surface area contributed by atoms with Gasteiger partial charge in [0.1, 0.15) is 0 Å². The molecule has 144 valence electrons. The van der Waals surface area contributed by atoms with E-state index < -0.39 is 6.04 Å². The van der Waals surface area contributed by atoms with Crippen molar-refractivity contribution in [3.05, 3.63) is 22.9 Å². The summed E-state index contributed by atoms with van der Waals surface area (Å²) in [6.45, 7) is 10.7. The maximum atomic E-state index is 12.5. The van der Waals surface area contributed by atoms with E-state index in [0.29, 0.717) is 24.9 Å². The Morgan fingerprint density at radius 3 is 2.85 bits per heavy atom. The van der Waals surface area contributed by atoms with Crippen LogP contribution in [-0.4, -0.2) is 54.5 Å². The first-order valence-electron chi connectivity index (χ1n) is 9.11. The second kappa shape index (κ2) is 8.98. The second-order valence-electron chi connectivity index (χ2n) is 7.24. The summed E-state index contributed by atoms with van der Waals surface area (Å²) in [4.78, 5) is 31.1. The van der Waals surface area contributed by atoms with Crippen molar-refractivity contribution in [2.75, 3.05) is 26.7 Å². The van der Waals surface area contributed by atoms with E-state index >= 15 is 0 Å². The summed E-state index contributed by atoms with van der Waals surface area (Å²) in [7, 11) is 1.57. The third-order valence-corrected chi connectivity index (χ3v) is 4.51. The van der Waals surface area contributed by atoms with E-state index in [1.54, 1.807) is 7.11 Å². The van der Waals surface area contributed by atoms with Gasteiger partial charge in [-0.2, -0.15) is 0 Å². The lowest BCUT2D eigenvalue weighted by Crippen LogP contribution is -2.57. The van der Waals surface area contributed by atoms with Crippen LogP contribution in [0.2, 0.25) is 0 Å². The molecule has 1 aliphatic rings. The van der Waals surface area contributed by atoms with Crippen molar-refractivity contribution in [1.82, 2.24) is 20.5 Å². The Bertz CT molecular complexity index is 660. The Morgan fingerprint density at radius 2 is 2.19 bits per heavy atom. The van der Waals surface area contributed by atoms with Gasteiger partial charge in [0, 0.05) is 37.4 Å². The van der Waals surface area contributed by atoms with Gasteiger partial charge >= 0.3 is 0 Å². The van der Waals surface area contributed by atoms with Gasteiger partial charge in [-0.25, -0.2) is 4.98 Å². The number of rotatable bonds is 7. The third kappa shape index (κ3) is 5.17. The average Bonchev–Trinajstić information content (AvgIpc) is 2.56. The molecule has 0 unspecified atom stereocenters. The number of pyridine rings is 1. The summed E-state index contributed by atoms with van der Waals surface area (Å²) in [6, 6.07) is 1.55. The molecule has 1 aromatic rings. The van der Waals surface area contributed by atoms with Crippen molar-refractivity contribution in [3.63, 3.8) is 0 Å². The number of aryl methyl sites for hydroxylation is 2. The number of amides is 2. The van der Waals surface area contributed by atoms with E-state index in [0.717, 1.165) is 29.9 Å². The zero-order valence-electron chi connectivity index (χ0n) is 16.4. The minimum atomic E-state index is -0.412. The van der Waals surface area contributed by atoms with Gasteiger partial charge in [-0.15, -0.1) is 0 Å². The van der Waals surface area contributed by atoms with E-state index in [1.807, 2.05) is 19.9 Å². The molecule has 0 saturated carbocycles.